The van der Waals surface area contributed by atoms with Crippen molar-refractivity contribution < 1.29 is 8.42 Å². The fraction of sp³-hybridized carbons (Fsp3) is 0.600. The molecule has 20 heavy (non-hydrogen) atoms. The molecule has 2 rings (SSSR count). The lowest BCUT2D eigenvalue weighted by atomic mass is 10.1. The van der Waals surface area contributed by atoms with Crippen LogP contribution in [0.15, 0.2) is 18.2 Å². The monoisotopic (exact) mass is 296 g/mol. The Labute approximate surface area is 122 Å². The average molecular weight is 296 g/mol. The van der Waals surface area contributed by atoms with E-state index in [0.29, 0.717) is 12.3 Å². The lowest BCUT2D eigenvalue weighted by molar-refractivity contribution is 0.597. The summed E-state index contributed by atoms with van der Waals surface area (Å²) in [5.74, 6) is 0.583. The Morgan fingerprint density at radius 3 is 2.80 bits per heavy atom. The highest BCUT2D eigenvalue weighted by Gasteiger charge is 2.20. The van der Waals surface area contributed by atoms with E-state index in [0.717, 1.165) is 26.1 Å². The number of rotatable bonds is 4. The van der Waals surface area contributed by atoms with Crippen molar-refractivity contribution in [2.45, 2.75) is 26.8 Å². The fourth-order valence-corrected chi connectivity index (χ4v) is 3.88. The summed E-state index contributed by atoms with van der Waals surface area (Å²) in [7, 11) is -2.86. The second-order valence-corrected chi connectivity index (χ2v) is 7.71. The van der Waals surface area contributed by atoms with Crippen LogP contribution in [-0.4, -0.2) is 39.6 Å². The van der Waals surface area contributed by atoms with Gasteiger partial charge in [0, 0.05) is 25.3 Å². The van der Waals surface area contributed by atoms with Crippen LogP contribution in [0, 0.1) is 6.92 Å². The van der Waals surface area contributed by atoms with E-state index in [1.165, 1.54) is 16.8 Å². The molecule has 1 aliphatic rings. The maximum atomic E-state index is 11.7. The highest BCUT2D eigenvalue weighted by Crippen LogP contribution is 2.23. The molecule has 0 atom stereocenters. The van der Waals surface area contributed by atoms with Gasteiger partial charge in [-0.2, -0.15) is 0 Å². The van der Waals surface area contributed by atoms with Gasteiger partial charge in [-0.05, 0) is 31.5 Å². The van der Waals surface area contributed by atoms with Crippen molar-refractivity contribution in [3.8, 4) is 0 Å². The van der Waals surface area contributed by atoms with Crippen LogP contribution in [0.1, 0.15) is 24.5 Å². The van der Waals surface area contributed by atoms with Gasteiger partial charge < -0.3 is 10.2 Å². The Kier molecular flexibility index (Phi) is 5.05. The molecule has 1 aliphatic heterocycles. The predicted molar refractivity (Wildman–Crippen MR) is 84.0 cm³/mol. The molecule has 112 valence electrons. The summed E-state index contributed by atoms with van der Waals surface area (Å²) < 4.78 is 23.4. The fourth-order valence-electron chi connectivity index (χ4n) is 2.60. The number of benzene rings is 1. The minimum Gasteiger partial charge on any atom is -0.370 e. The first-order chi connectivity index (χ1) is 9.52. The van der Waals surface area contributed by atoms with Gasteiger partial charge in [0.15, 0.2) is 9.84 Å². The summed E-state index contributed by atoms with van der Waals surface area (Å²) in [6, 6.07) is 6.42. The molecule has 0 unspecified atom stereocenters. The third-order valence-electron chi connectivity index (χ3n) is 3.70. The van der Waals surface area contributed by atoms with E-state index in [9.17, 15) is 8.42 Å². The molecule has 1 saturated heterocycles. The average Bonchev–Trinajstić information content (AvgIpc) is 2.58. The van der Waals surface area contributed by atoms with Gasteiger partial charge in [-0.1, -0.05) is 24.6 Å². The lowest BCUT2D eigenvalue weighted by Crippen LogP contribution is -2.28. The van der Waals surface area contributed by atoms with E-state index in [4.69, 9.17) is 0 Å². The molecular weight excluding hydrogens is 272 g/mol. The lowest BCUT2D eigenvalue weighted by Gasteiger charge is -2.25. The molecule has 0 saturated carbocycles. The SMILES string of the molecule is CCNCc1cc(C)ccc1N1CCCS(=O)(=O)CC1. The van der Waals surface area contributed by atoms with Crippen LogP contribution in [0.2, 0.25) is 0 Å². The van der Waals surface area contributed by atoms with Gasteiger partial charge in [0.2, 0.25) is 0 Å². The molecule has 0 aromatic heterocycles. The van der Waals surface area contributed by atoms with E-state index in [1.54, 1.807) is 0 Å². The Balaban J connectivity index is 2.22. The second kappa shape index (κ2) is 6.59. The number of nitrogens with one attached hydrogen (secondary N) is 1. The minimum atomic E-state index is -2.86. The molecular formula is C15H24N2O2S. The summed E-state index contributed by atoms with van der Waals surface area (Å²) in [5, 5.41) is 3.36. The number of sulfone groups is 1. The largest absolute Gasteiger partial charge is 0.370 e. The van der Waals surface area contributed by atoms with Gasteiger partial charge in [-0.3, -0.25) is 0 Å². The van der Waals surface area contributed by atoms with Crippen molar-refractivity contribution in [2.24, 2.45) is 0 Å². The summed E-state index contributed by atoms with van der Waals surface area (Å²) in [6.07, 6.45) is 0.719. The highest BCUT2D eigenvalue weighted by atomic mass is 32.2. The Morgan fingerprint density at radius 1 is 1.25 bits per heavy atom. The van der Waals surface area contributed by atoms with Gasteiger partial charge in [0.05, 0.1) is 11.5 Å². The minimum absolute atomic E-state index is 0.265. The standard InChI is InChI=1S/C15H24N2O2S/c1-3-16-12-14-11-13(2)5-6-15(14)17-7-4-9-20(18,19)10-8-17/h5-6,11,16H,3-4,7-10,12H2,1-2H3. The summed E-state index contributed by atoms with van der Waals surface area (Å²) >= 11 is 0. The van der Waals surface area contributed by atoms with Crippen molar-refractivity contribution >= 4 is 15.5 Å². The molecule has 5 heteroatoms. The molecule has 4 nitrogen and oxygen atoms in total. The molecule has 1 aromatic carbocycles. The van der Waals surface area contributed by atoms with Crippen molar-refractivity contribution in [3.05, 3.63) is 29.3 Å². The zero-order chi connectivity index (χ0) is 14.6. The van der Waals surface area contributed by atoms with Gasteiger partial charge in [-0.15, -0.1) is 0 Å². The Bertz CT molecular complexity index is 555. The molecule has 1 heterocycles. The first kappa shape index (κ1) is 15.3. The molecule has 1 fully saturated rings. The molecule has 0 spiro atoms. The second-order valence-electron chi connectivity index (χ2n) is 5.40. The summed E-state index contributed by atoms with van der Waals surface area (Å²) in [6.45, 7) is 7.37. The Morgan fingerprint density at radius 2 is 2.05 bits per heavy atom. The number of hydrogen-bond acceptors (Lipinski definition) is 4. The van der Waals surface area contributed by atoms with Gasteiger partial charge in [0.1, 0.15) is 0 Å². The van der Waals surface area contributed by atoms with Crippen LogP contribution in [0.3, 0.4) is 0 Å². The van der Waals surface area contributed by atoms with E-state index >= 15 is 0 Å². The molecule has 1 aromatic rings. The van der Waals surface area contributed by atoms with Crippen LogP contribution < -0.4 is 10.2 Å². The van der Waals surface area contributed by atoms with Gasteiger partial charge in [0.25, 0.3) is 0 Å². The third-order valence-corrected chi connectivity index (χ3v) is 5.41. The smallest absolute Gasteiger partial charge is 0.152 e. The number of aryl methyl sites for hydroxylation is 1. The summed E-state index contributed by atoms with van der Waals surface area (Å²) in [4.78, 5) is 2.22. The van der Waals surface area contributed by atoms with Crippen LogP contribution in [0.4, 0.5) is 5.69 Å². The quantitative estimate of drug-likeness (QED) is 0.919. The van der Waals surface area contributed by atoms with E-state index in [-0.39, 0.29) is 5.75 Å². The maximum Gasteiger partial charge on any atom is 0.152 e. The summed E-state index contributed by atoms with van der Waals surface area (Å²) in [5.41, 5.74) is 3.67. The van der Waals surface area contributed by atoms with E-state index < -0.39 is 9.84 Å². The van der Waals surface area contributed by atoms with Crippen molar-refractivity contribution in [3.63, 3.8) is 0 Å². The third kappa shape index (κ3) is 3.96. The van der Waals surface area contributed by atoms with Crippen molar-refractivity contribution in [1.29, 1.82) is 0 Å². The van der Waals surface area contributed by atoms with Crippen LogP contribution in [0.25, 0.3) is 0 Å². The topological polar surface area (TPSA) is 49.4 Å². The van der Waals surface area contributed by atoms with Crippen molar-refractivity contribution in [1.82, 2.24) is 5.32 Å². The number of nitrogens with zero attached hydrogens (tertiary/aromatic N) is 1. The molecule has 0 amide bonds. The van der Waals surface area contributed by atoms with Gasteiger partial charge >= 0.3 is 0 Å². The normalized spacial score (nSPS) is 18.8. The zero-order valence-corrected chi connectivity index (χ0v) is 13.2. The maximum absolute atomic E-state index is 11.7. The Hall–Kier alpha value is -1.07. The molecule has 0 aliphatic carbocycles. The van der Waals surface area contributed by atoms with E-state index in [2.05, 4.69) is 42.3 Å². The molecule has 1 N–H and O–H groups in total. The van der Waals surface area contributed by atoms with Crippen LogP contribution >= 0.6 is 0 Å². The number of hydrogen-bond donors (Lipinski definition) is 1. The predicted octanol–water partition coefficient (Wildman–Crippen LogP) is 1.73. The zero-order valence-electron chi connectivity index (χ0n) is 12.4. The molecule has 0 bridgehead atoms. The van der Waals surface area contributed by atoms with Crippen molar-refractivity contribution in [2.75, 3.05) is 36.0 Å². The van der Waals surface area contributed by atoms with Crippen LogP contribution in [0.5, 0.6) is 0 Å². The van der Waals surface area contributed by atoms with E-state index in [1.807, 2.05) is 0 Å². The first-order valence-electron chi connectivity index (χ1n) is 7.27. The number of anilines is 1. The molecule has 0 radical (unpaired) electrons. The van der Waals surface area contributed by atoms with Crippen LogP contribution in [-0.2, 0) is 16.4 Å². The first-order valence-corrected chi connectivity index (χ1v) is 9.09. The van der Waals surface area contributed by atoms with Gasteiger partial charge in [-0.25, -0.2) is 8.42 Å². The highest BCUT2D eigenvalue weighted by molar-refractivity contribution is 7.91.